The molecule has 0 aliphatic rings. The first-order chi connectivity index (χ1) is 7.01. The first-order valence-corrected chi connectivity index (χ1v) is 5.97. The van der Waals surface area contributed by atoms with E-state index in [-0.39, 0.29) is 13.2 Å². The van der Waals surface area contributed by atoms with Crippen molar-refractivity contribution in [1.82, 2.24) is 9.97 Å². The van der Waals surface area contributed by atoms with Crippen molar-refractivity contribution in [2.75, 3.05) is 13.4 Å². The molecule has 0 spiro atoms. The van der Waals surface area contributed by atoms with E-state index >= 15 is 0 Å². The van der Waals surface area contributed by atoms with Crippen LogP contribution < -0.4 is 0 Å². The Morgan fingerprint density at radius 2 is 2.13 bits per heavy atom. The van der Waals surface area contributed by atoms with Crippen LogP contribution in [-0.2, 0) is 32.3 Å². The molecule has 0 N–H and O–H groups in total. The maximum atomic E-state index is 10.7. The Balaban J connectivity index is 2.65. The van der Waals surface area contributed by atoms with Crippen molar-refractivity contribution in [3.05, 3.63) is 23.8 Å². The molecule has 84 valence electrons. The van der Waals surface area contributed by atoms with Crippen molar-refractivity contribution in [3.8, 4) is 0 Å². The molecule has 1 heterocycles. The van der Waals surface area contributed by atoms with E-state index in [1.54, 1.807) is 6.07 Å². The molecule has 0 aliphatic heterocycles. The molecule has 0 saturated carbocycles. The maximum absolute atomic E-state index is 10.7. The van der Waals surface area contributed by atoms with E-state index in [1.807, 2.05) is 0 Å². The summed E-state index contributed by atoms with van der Waals surface area (Å²) < 4.78 is 30.9. The van der Waals surface area contributed by atoms with Crippen LogP contribution in [0, 0.1) is 0 Å². The standard InChI is InChI=1S/C8H12N2O4S/c1-13-6-8-9-4-3-7(10-8)5-14-15(2,11)12/h3-4H,5-6H2,1-2H3. The Bertz CT molecular complexity index is 418. The van der Waals surface area contributed by atoms with Crippen LogP contribution >= 0.6 is 0 Å². The maximum Gasteiger partial charge on any atom is 0.264 e. The minimum Gasteiger partial charge on any atom is -0.377 e. The summed E-state index contributed by atoms with van der Waals surface area (Å²) in [6.07, 6.45) is 2.52. The SMILES string of the molecule is COCc1nccc(COS(C)(=O)=O)n1. The van der Waals surface area contributed by atoms with Crippen LogP contribution in [-0.4, -0.2) is 31.8 Å². The lowest BCUT2D eigenvalue weighted by atomic mass is 10.4. The third-order valence-electron chi connectivity index (χ3n) is 1.46. The molecule has 7 heteroatoms. The van der Waals surface area contributed by atoms with Crippen molar-refractivity contribution >= 4 is 10.1 Å². The number of hydrogen-bond donors (Lipinski definition) is 0. The van der Waals surface area contributed by atoms with Crippen LogP contribution in [0.25, 0.3) is 0 Å². The molecule has 0 aromatic carbocycles. The van der Waals surface area contributed by atoms with Gasteiger partial charge in [-0.1, -0.05) is 0 Å². The molecule has 0 amide bonds. The third-order valence-corrected chi connectivity index (χ3v) is 2.00. The summed E-state index contributed by atoms with van der Waals surface area (Å²) in [4.78, 5) is 7.97. The molecule has 1 rings (SSSR count). The van der Waals surface area contributed by atoms with Gasteiger partial charge in [-0.05, 0) is 6.07 Å². The number of methoxy groups -OCH3 is 1. The Kier molecular flexibility index (Phi) is 4.13. The fraction of sp³-hybridized carbons (Fsp3) is 0.500. The highest BCUT2D eigenvalue weighted by atomic mass is 32.2. The van der Waals surface area contributed by atoms with Gasteiger partial charge >= 0.3 is 0 Å². The summed E-state index contributed by atoms with van der Waals surface area (Å²) in [6, 6.07) is 1.59. The normalized spacial score (nSPS) is 11.6. The summed E-state index contributed by atoms with van der Waals surface area (Å²) in [6.45, 7) is 0.199. The van der Waals surface area contributed by atoms with Crippen LogP contribution in [0.15, 0.2) is 12.3 Å². The molecule has 0 fully saturated rings. The number of rotatable bonds is 5. The largest absolute Gasteiger partial charge is 0.377 e. The van der Waals surface area contributed by atoms with Crippen LogP contribution in [0.3, 0.4) is 0 Å². The highest BCUT2D eigenvalue weighted by molar-refractivity contribution is 7.85. The molecular formula is C8H12N2O4S. The lowest BCUT2D eigenvalue weighted by Gasteiger charge is -2.02. The van der Waals surface area contributed by atoms with E-state index in [2.05, 4.69) is 14.2 Å². The molecule has 15 heavy (non-hydrogen) atoms. The molecule has 0 radical (unpaired) electrons. The highest BCUT2D eigenvalue weighted by Crippen LogP contribution is 2.01. The first kappa shape index (κ1) is 12.0. The fourth-order valence-corrected chi connectivity index (χ4v) is 1.22. The Morgan fingerprint density at radius 1 is 1.40 bits per heavy atom. The second-order valence-corrected chi connectivity index (χ2v) is 4.51. The summed E-state index contributed by atoms with van der Waals surface area (Å²) in [7, 11) is -1.91. The van der Waals surface area contributed by atoms with E-state index < -0.39 is 10.1 Å². The van der Waals surface area contributed by atoms with Crippen molar-refractivity contribution in [1.29, 1.82) is 0 Å². The molecular weight excluding hydrogens is 220 g/mol. The predicted molar refractivity (Wildman–Crippen MR) is 52.4 cm³/mol. The van der Waals surface area contributed by atoms with Gasteiger partial charge in [-0.15, -0.1) is 0 Å². The lowest BCUT2D eigenvalue weighted by molar-refractivity contribution is 0.177. The van der Waals surface area contributed by atoms with Crippen molar-refractivity contribution in [3.63, 3.8) is 0 Å². The zero-order valence-electron chi connectivity index (χ0n) is 8.50. The zero-order valence-corrected chi connectivity index (χ0v) is 9.32. The number of aromatic nitrogens is 2. The summed E-state index contributed by atoms with van der Waals surface area (Å²) in [5.74, 6) is 0.493. The third kappa shape index (κ3) is 4.82. The van der Waals surface area contributed by atoms with Gasteiger partial charge < -0.3 is 4.74 Å². The molecule has 0 bridgehead atoms. The van der Waals surface area contributed by atoms with Crippen LogP contribution in [0.1, 0.15) is 11.5 Å². The van der Waals surface area contributed by atoms with Gasteiger partial charge in [0.15, 0.2) is 5.82 Å². The molecule has 1 aromatic rings. The summed E-state index contributed by atoms with van der Waals surface area (Å²) >= 11 is 0. The van der Waals surface area contributed by atoms with E-state index in [0.29, 0.717) is 11.5 Å². The average molecular weight is 232 g/mol. The van der Waals surface area contributed by atoms with Gasteiger partial charge in [-0.3, -0.25) is 4.18 Å². The topological polar surface area (TPSA) is 78.4 Å². The van der Waals surface area contributed by atoms with Crippen molar-refractivity contribution in [2.24, 2.45) is 0 Å². The summed E-state index contributed by atoms with van der Waals surface area (Å²) in [5.41, 5.74) is 0.502. The van der Waals surface area contributed by atoms with E-state index in [4.69, 9.17) is 4.74 Å². The van der Waals surface area contributed by atoms with Crippen LogP contribution in [0.4, 0.5) is 0 Å². The molecule has 0 saturated heterocycles. The van der Waals surface area contributed by atoms with Gasteiger partial charge in [0.1, 0.15) is 13.2 Å². The Labute approximate surface area is 88.4 Å². The van der Waals surface area contributed by atoms with Gasteiger partial charge in [-0.25, -0.2) is 9.97 Å². The van der Waals surface area contributed by atoms with Gasteiger partial charge in [0.2, 0.25) is 0 Å². The van der Waals surface area contributed by atoms with E-state index in [0.717, 1.165) is 6.26 Å². The highest BCUT2D eigenvalue weighted by Gasteiger charge is 2.04. The molecule has 0 unspecified atom stereocenters. The molecule has 0 aliphatic carbocycles. The Morgan fingerprint density at radius 3 is 2.73 bits per heavy atom. The van der Waals surface area contributed by atoms with E-state index in [9.17, 15) is 8.42 Å². The minimum atomic E-state index is -3.44. The van der Waals surface area contributed by atoms with Gasteiger partial charge in [0.05, 0.1) is 11.9 Å². The second-order valence-electron chi connectivity index (χ2n) is 2.86. The van der Waals surface area contributed by atoms with Crippen LogP contribution in [0.5, 0.6) is 0 Å². The molecule has 6 nitrogen and oxygen atoms in total. The average Bonchev–Trinajstić information content (AvgIpc) is 2.15. The molecule has 0 atom stereocenters. The zero-order chi connectivity index (χ0) is 11.3. The van der Waals surface area contributed by atoms with Gasteiger partial charge in [-0.2, -0.15) is 8.42 Å². The van der Waals surface area contributed by atoms with Crippen molar-refractivity contribution < 1.29 is 17.3 Å². The number of nitrogens with zero attached hydrogens (tertiary/aromatic N) is 2. The first-order valence-electron chi connectivity index (χ1n) is 4.15. The Hall–Kier alpha value is -1.05. The van der Waals surface area contributed by atoms with Crippen LogP contribution in [0.2, 0.25) is 0 Å². The fourth-order valence-electron chi connectivity index (χ4n) is 0.888. The van der Waals surface area contributed by atoms with Crippen molar-refractivity contribution in [2.45, 2.75) is 13.2 Å². The quantitative estimate of drug-likeness (QED) is 0.670. The predicted octanol–water partition coefficient (Wildman–Crippen LogP) is 0.0992. The van der Waals surface area contributed by atoms with E-state index in [1.165, 1.54) is 13.3 Å². The number of ether oxygens (including phenoxy) is 1. The monoisotopic (exact) mass is 232 g/mol. The van der Waals surface area contributed by atoms with Gasteiger partial charge in [0.25, 0.3) is 10.1 Å². The van der Waals surface area contributed by atoms with Gasteiger partial charge in [0, 0.05) is 13.3 Å². The smallest absolute Gasteiger partial charge is 0.264 e. The lowest BCUT2D eigenvalue weighted by Crippen LogP contribution is -2.06. The second kappa shape index (κ2) is 5.15. The summed E-state index contributed by atoms with van der Waals surface area (Å²) in [5, 5.41) is 0. The minimum absolute atomic E-state index is 0.0853. The number of hydrogen-bond acceptors (Lipinski definition) is 6. The molecule has 1 aromatic heterocycles.